The summed E-state index contributed by atoms with van der Waals surface area (Å²) >= 11 is 0. The number of amides is 1. The van der Waals surface area contributed by atoms with Crippen molar-refractivity contribution in [2.24, 2.45) is 11.8 Å². The Hall–Kier alpha value is -2.62. The molecule has 2 aromatic carbocycles. The van der Waals surface area contributed by atoms with Crippen LogP contribution >= 0.6 is 0 Å². The van der Waals surface area contributed by atoms with Crippen LogP contribution in [0.2, 0.25) is 0 Å². The molecule has 5 rings (SSSR count). The molecule has 3 unspecified atom stereocenters. The summed E-state index contributed by atoms with van der Waals surface area (Å²) in [4.78, 5) is 12.5. The lowest BCUT2D eigenvalue weighted by Gasteiger charge is -2.08. The third-order valence-electron chi connectivity index (χ3n) is 5.45. The van der Waals surface area contributed by atoms with E-state index in [9.17, 15) is 4.79 Å². The molecule has 2 aliphatic rings. The molecule has 3 aromatic rings. The molecule has 2 aliphatic carbocycles. The van der Waals surface area contributed by atoms with Gasteiger partial charge >= 0.3 is 0 Å². The lowest BCUT2D eigenvalue weighted by Crippen LogP contribution is -2.28. The van der Waals surface area contributed by atoms with E-state index < -0.39 is 0 Å². The van der Waals surface area contributed by atoms with Crippen LogP contribution in [0.4, 0.5) is 0 Å². The smallest absolute Gasteiger partial charge is 0.224 e. The van der Waals surface area contributed by atoms with Crippen LogP contribution in [0.15, 0.2) is 53.1 Å². The van der Waals surface area contributed by atoms with Crippen molar-refractivity contribution in [1.82, 2.24) is 10.5 Å². The Morgan fingerprint density at radius 2 is 2.00 bits per heavy atom. The zero-order valence-corrected chi connectivity index (χ0v) is 13.2. The Balaban J connectivity index is 1.21. The molecule has 0 spiro atoms. The van der Waals surface area contributed by atoms with Gasteiger partial charge in [0.25, 0.3) is 0 Å². The summed E-state index contributed by atoms with van der Waals surface area (Å²) in [6, 6.07) is 16.3. The zero-order chi connectivity index (χ0) is 16.1. The molecule has 24 heavy (non-hydrogen) atoms. The second-order valence-corrected chi connectivity index (χ2v) is 6.78. The molecule has 4 heteroatoms. The van der Waals surface area contributed by atoms with Crippen molar-refractivity contribution in [2.75, 3.05) is 6.54 Å². The van der Waals surface area contributed by atoms with E-state index in [1.54, 1.807) is 0 Å². The van der Waals surface area contributed by atoms with Crippen LogP contribution in [0.5, 0.6) is 0 Å². The minimum absolute atomic E-state index is 0.161. The van der Waals surface area contributed by atoms with Gasteiger partial charge in [-0.05, 0) is 41.5 Å². The first kappa shape index (κ1) is 13.8. The first-order chi connectivity index (χ1) is 11.8. The van der Waals surface area contributed by atoms with Gasteiger partial charge < -0.3 is 9.84 Å². The summed E-state index contributed by atoms with van der Waals surface area (Å²) in [5.41, 5.74) is 4.51. The Labute approximate surface area is 139 Å². The molecule has 3 atom stereocenters. The van der Waals surface area contributed by atoms with Crippen LogP contribution in [0.3, 0.4) is 0 Å². The Morgan fingerprint density at radius 1 is 1.17 bits per heavy atom. The molecule has 0 saturated heterocycles. The fourth-order valence-electron chi connectivity index (χ4n) is 4.25. The van der Waals surface area contributed by atoms with Crippen LogP contribution < -0.4 is 5.32 Å². The van der Waals surface area contributed by atoms with Gasteiger partial charge in [-0.3, -0.25) is 4.79 Å². The van der Waals surface area contributed by atoms with Crippen LogP contribution in [-0.2, 0) is 17.6 Å². The molecule has 1 fully saturated rings. The minimum Gasteiger partial charge on any atom is -0.356 e. The fourth-order valence-corrected chi connectivity index (χ4v) is 4.25. The topological polar surface area (TPSA) is 55.1 Å². The van der Waals surface area contributed by atoms with E-state index in [4.69, 9.17) is 4.52 Å². The van der Waals surface area contributed by atoms with Crippen LogP contribution in [0, 0.1) is 11.8 Å². The standard InChI is InChI=1S/C20H18N2O2/c23-20(19-15-11-12-5-1-2-6-13(12)18(15)19)21-10-9-16-14-7-3-4-8-17(14)24-22-16/h1-8,15,18-19H,9-11H2,(H,21,23). The average Bonchev–Trinajstić information content (AvgIpc) is 2.99. The van der Waals surface area contributed by atoms with Crippen molar-refractivity contribution in [1.29, 1.82) is 0 Å². The fraction of sp³-hybridized carbons (Fsp3) is 0.300. The van der Waals surface area contributed by atoms with E-state index in [0.29, 0.717) is 24.8 Å². The summed E-state index contributed by atoms with van der Waals surface area (Å²) < 4.78 is 5.30. The molecule has 4 nitrogen and oxygen atoms in total. The van der Waals surface area contributed by atoms with E-state index in [1.165, 1.54) is 11.1 Å². The highest BCUT2D eigenvalue weighted by molar-refractivity contribution is 5.85. The van der Waals surface area contributed by atoms with Crippen molar-refractivity contribution in [3.8, 4) is 0 Å². The lowest BCUT2D eigenvalue weighted by atomic mass is 10.0. The zero-order valence-electron chi connectivity index (χ0n) is 13.2. The number of hydrogen-bond donors (Lipinski definition) is 1. The number of fused-ring (bicyclic) bond motifs is 4. The van der Waals surface area contributed by atoms with Gasteiger partial charge in [-0.25, -0.2) is 0 Å². The molecule has 0 bridgehead atoms. The van der Waals surface area contributed by atoms with Gasteiger partial charge in [0.05, 0.1) is 5.69 Å². The first-order valence-electron chi connectivity index (χ1n) is 8.52. The molecule has 0 radical (unpaired) electrons. The number of aromatic nitrogens is 1. The number of para-hydroxylation sites is 1. The first-order valence-corrected chi connectivity index (χ1v) is 8.52. The summed E-state index contributed by atoms with van der Waals surface area (Å²) in [5.74, 6) is 1.30. The Morgan fingerprint density at radius 3 is 2.96 bits per heavy atom. The minimum atomic E-state index is 0.161. The number of carbonyl (C=O) groups is 1. The van der Waals surface area contributed by atoms with Gasteiger partial charge in [0.1, 0.15) is 0 Å². The third-order valence-corrected chi connectivity index (χ3v) is 5.45. The normalized spacial score (nSPS) is 23.8. The quantitative estimate of drug-likeness (QED) is 0.804. The van der Waals surface area contributed by atoms with Crippen molar-refractivity contribution < 1.29 is 9.32 Å². The van der Waals surface area contributed by atoms with Crippen LogP contribution in [0.25, 0.3) is 11.0 Å². The average molecular weight is 318 g/mol. The van der Waals surface area contributed by atoms with Crippen molar-refractivity contribution >= 4 is 16.9 Å². The number of nitrogens with one attached hydrogen (secondary N) is 1. The Bertz CT molecular complexity index is 930. The van der Waals surface area contributed by atoms with E-state index in [2.05, 4.69) is 34.7 Å². The molecule has 1 heterocycles. The summed E-state index contributed by atoms with van der Waals surface area (Å²) in [5, 5.41) is 8.23. The van der Waals surface area contributed by atoms with E-state index >= 15 is 0 Å². The number of benzene rings is 2. The molecule has 1 saturated carbocycles. The largest absolute Gasteiger partial charge is 0.356 e. The molecular weight excluding hydrogens is 300 g/mol. The van der Waals surface area contributed by atoms with Crippen LogP contribution in [0.1, 0.15) is 22.7 Å². The van der Waals surface area contributed by atoms with Gasteiger partial charge in [-0.15, -0.1) is 0 Å². The molecule has 1 N–H and O–H groups in total. The van der Waals surface area contributed by atoms with Crippen molar-refractivity contribution in [2.45, 2.75) is 18.8 Å². The molecular formula is C20H18N2O2. The van der Waals surface area contributed by atoms with Crippen LogP contribution in [-0.4, -0.2) is 17.6 Å². The second-order valence-electron chi connectivity index (χ2n) is 6.78. The predicted octanol–water partition coefficient (Wildman–Crippen LogP) is 3.07. The highest BCUT2D eigenvalue weighted by Crippen LogP contribution is 2.61. The van der Waals surface area contributed by atoms with Crippen molar-refractivity contribution in [3.05, 3.63) is 65.4 Å². The van der Waals surface area contributed by atoms with Crippen molar-refractivity contribution in [3.63, 3.8) is 0 Å². The highest BCUT2D eigenvalue weighted by Gasteiger charge is 2.58. The number of carbonyl (C=O) groups excluding carboxylic acids is 1. The number of nitrogens with zero attached hydrogens (tertiary/aromatic N) is 1. The molecule has 0 aliphatic heterocycles. The maximum Gasteiger partial charge on any atom is 0.224 e. The third kappa shape index (κ3) is 2.06. The van der Waals surface area contributed by atoms with Gasteiger partial charge in [0, 0.05) is 24.3 Å². The van der Waals surface area contributed by atoms with Gasteiger partial charge in [-0.1, -0.05) is 41.6 Å². The monoisotopic (exact) mass is 318 g/mol. The maximum atomic E-state index is 12.5. The SMILES string of the molecule is O=C(NCCc1noc2ccccc12)C1C2Cc3ccccc3C21. The molecule has 120 valence electrons. The summed E-state index contributed by atoms with van der Waals surface area (Å²) in [7, 11) is 0. The van der Waals surface area contributed by atoms with E-state index in [1.807, 2.05) is 24.3 Å². The van der Waals surface area contributed by atoms with Gasteiger partial charge in [-0.2, -0.15) is 0 Å². The van der Waals surface area contributed by atoms with Gasteiger partial charge in [0.15, 0.2) is 5.58 Å². The number of hydrogen-bond acceptors (Lipinski definition) is 3. The highest BCUT2D eigenvalue weighted by atomic mass is 16.5. The number of rotatable bonds is 4. The Kier molecular flexibility index (Phi) is 2.98. The summed E-state index contributed by atoms with van der Waals surface area (Å²) in [6.07, 6.45) is 1.74. The second kappa shape index (κ2) is 5.20. The molecule has 1 aromatic heterocycles. The maximum absolute atomic E-state index is 12.5. The van der Waals surface area contributed by atoms with E-state index in [-0.39, 0.29) is 11.8 Å². The molecule has 1 amide bonds. The summed E-state index contributed by atoms with van der Waals surface area (Å²) in [6.45, 7) is 0.604. The predicted molar refractivity (Wildman–Crippen MR) is 90.6 cm³/mol. The van der Waals surface area contributed by atoms with Gasteiger partial charge in [0.2, 0.25) is 5.91 Å². The van der Waals surface area contributed by atoms with E-state index in [0.717, 1.165) is 23.1 Å². The lowest BCUT2D eigenvalue weighted by molar-refractivity contribution is -0.122.